The minimum absolute atomic E-state index is 0.0407. The molecular formula is C11H16O4. The van der Waals surface area contributed by atoms with Gasteiger partial charge in [-0.2, -0.15) is 0 Å². The molecule has 0 aromatic heterocycles. The lowest BCUT2D eigenvalue weighted by Gasteiger charge is -2.14. The van der Waals surface area contributed by atoms with E-state index in [9.17, 15) is 0 Å². The molecule has 84 valence electrons. The molecule has 0 radical (unpaired) electrons. The fourth-order valence-corrected chi connectivity index (χ4v) is 1.09. The van der Waals surface area contributed by atoms with Crippen LogP contribution in [0.15, 0.2) is 24.3 Å². The highest BCUT2D eigenvalue weighted by Gasteiger charge is 2.05. The van der Waals surface area contributed by atoms with Crippen LogP contribution in [0.2, 0.25) is 0 Å². The van der Waals surface area contributed by atoms with Gasteiger partial charge in [0.1, 0.15) is 12.4 Å². The second kappa shape index (κ2) is 6.40. The molecule has 0 saturated carbocycles. The third-order valence-electron chi connectivity index (χ3n) is 2.02. The molecule has 1 aromatic carbocycles. The summed E-state index contributed by atoms with van der Waals surface area (Å²) in [5.74, 6) is 0.728. The Morgan fingerprint density at radius 1 is 1.13 bits per heavy atom. The van der Waals surface area contributed by atoms with E-state index in [1.807, 2.05) is 12.1 Å². The molecular weight excluding hydrogens is 196 g/mol. The van der Waals surface area contributed by atoms with E-state index >= 15 is 0 Å². The number of methoxy groups -OCH3 is 2. The monoisotopic (exact) mass is 212 g/mol. The number of rotatable bonds is 6. The minimum atomic E-state index is -0.359. The standard InChI is InChI=1S/C11H16O4/c1-13-11(14-2)8-15-10-5-3-9(7-12)4-6-10/h3-6,11-12H,7-8H2,1-2H3. The Kier molecular flexibility index (Phi) is 5.10. The molecule has 0 unspecified atom stereocenters. The van der Waals surface area contributed by atoms with E-state index < -0.39 is 0 Å². The van der Waals surface area contributed by atoms with Crippen molar-refractivity contribution in [3.63, 3.8) is 0 Å². The van der Waals surface area contributed by atoms with Gasteiger partial charge in [0, 0.05) is 14.2 Å². The van der Waals surface area contributed by atoms with Gasteiger partial charge in [0.15, 0.2) is 6.29 Å². The first-order chi connectivity index (χ1) is 7.30. The number of aliphatic hydroxyl groups excluding tert-OH is 1. The van der Waals surface area contributed by atoms with Gasteiger partial charge in [-0.05, 0) is 17.7 Å². The normalized spacial score (nSPS) is 10.7. The number of ether oxygens (including phenoxy) is 3. The maximum atomic E-state index is 8.84. The Labute approximate surface area is 89.4 Å². The molecule has 0 amide bonds. The van der Waals surface area contributed by atoms with Gasteiger partial charge >= 0.3 is 0 Å². The highest BCUT2D eigenvalue weighted by molar-refractivity contribution is 5.26. The van der Waals surface area contributed by atoms with Gasteiger partial charge in [0.25, 0.3) is 0 Å². The van der Waals surface area contributed by atoms with Gasteiger partial charge in [-0.3, -0.25) is 0 Å². The molecule has 4 nitrogen and oxygen atoms in total. The molecule has 0 aliphatic carbocycles. The van der Waals surface area contributed by atoms with E-state index in [0.29, 0.717) is 6.61 Å². The van der Waals surface area contributed by atoms with Crippen molar-refractivity contribution in [2.75, 3.05) is 20.8 Å². The highest BCUT2D eigenvalue weighted by Crippen LogP contribution is 2.12. The molecule has 0 spiro atoms. The van der Waals surface area contributed by atoms with Crippen LogP contribution in [0.5, 0.6) is 5.75 Å². The fraction of sp³-hybridized carbons (Fsp3) is 0.455. The lowest BCUT2D eigenvalue weighted by molar-refractivity contribution is -0.121. The first-order valence-corrected chi connectivity index (χ1v) is 4.68. The van der Waals surface area contributed by atoms with E-state index in [1.54, 1.807) is 26.4 Å². The smallest absolute Gasteiger partial charge is 0.191 e. The van der Waals surface area contributed by atoms with E-state index in [-0.39, 0.29) is 12.9 Å². The molecule has 1 aromatic rings. The second-order valence-electron chi connectivity index (χ2n) is 3.01. The molecule has 0 saturated heterocycles. The molecule has 4 heteroatoms. The zero-order chi connectivity index (χ0) is 11.1. The van der Waals surface area contributed by atoms with Crippen LogP contribution in [0.25, 0.3) is 0 Å². The molecule has 0 aliphatic heterocycles. The van der Waals surface area contributed by atoms with Crippen LogP contribution >= 0.6 is 0 Å². The predicted molar refractivity (Wildman–Crippen MR) is 55.7 cm³/mol. The molecule has 1 N–H and O–H groups in total. The van der Waals surface area contributed by atoms with Crippen molar-refractivity contribution in [3.8, 4) is 5.75 Å². The van der Waals surface area contributed by atoms with Gasteiger partial charge in [-0.1, -0.05) is 12.1 Å². The van der Waals surface area contributed by atoms with Crippen molar-refractivity contribution >= 4 is 0 Å². The lowest BCUT2D eigenvalue weighted by atomic mass is 10.2. The van der Waals surface area contributed by atoms with Crippen molar-refractivity contribution in [2.24, 2.45) is 0 Å². The van der Waals surface area contributed by atoms with Gasteiger partial charge in [0.2, 0.25) is 0 Å². The Bertz CT molecular complexity index is 266. The minimum Gasteiger partial charge on any atom is -0.488 e. The third-order valence-corrected chi connectivity index (χ3v) is 2.02. The SMILES string of the molecule is COC(COc1ccc(CO)cc1)OC. The predicted octanol–water partition coefficient (Wildman–Crippen LogP) is 1.18. The molecule has 0 fully saturated rings. The van der Waals surface area contributed by atoms with Gasteiger partial charge in [-0.15, -0.1) is 0 Å². The Hall–Kier alpha value is -1.10. The Balaban J connectivity index is 2.43. The molecule has 0 atom stereocenters. The Morgan fingerprint density at radius 2 is 1.73 bits per heavy atom. The van der Waals surface area contributed by atoms with Crippen LogP contribution < -0.4 is 4.74 Å². The highest BCUT2D eigenvalue weighted by atomic mass is 16.7. The summed E-state index contributed by atoms with van der Waals surface area (Å²) in [7, 11) is 3.12. The van der Waals surface area contributed by atoms with Crippen LogP contribution in [0.4, 0.5) is 0 Å². The topological polar surface area (TPSA) is 47.9 Å². The first-order valence-electron chi connectivity index (χ1n) is 4.68. The van der Waals surface area contributed by atoms with Gasteiger partial charge in [-0.25, -0.2) is 0 Å². The number of hydrogen-bond acceptors (Lipinski definition) is 4. The van der Waals surface area contributed by atoms with Gasteiger partial charge in [0.05, 0.1) is 6.61 Å². The van der Waals surface area contributed by atoms with Crippen molar-refractivity contribution in [1.82, 2.24) is 0 Å². The molecule has 15 heavy (non-hydrogen) atoms. The van der Waals surface area contributed by atoms with Crippen LogP contribution in [-0.4, -0.2) is 32.2 Å². The molecule has 0 aliphatic rings. The third kappa shape index (κ3) is 3.87. The molecule has 1 rings (SSSR count). The summed E-state index contributed by atoms with van der Waals surface area (Å²) in [6.07, 6.45) is -0.359. The molecule has 0 bridgehead atoms. The van der Waals surface area contributed by atoms with Crippen LogP contribution in [0, 0.1) is 0 Å². The summed E-state index contributed by atoms with van der Waals surface area (Å²) in [4.78, 5) is 0. The van der Waals surface area contributed by atoms with E-state index in [0.717, 1.165) is 11.3 Å². The summed E-state index contributed by atoms with van der Waals surface area (Å²) >= 11 is 0. The summed E-state index contributed by atoms with van der Waals surface area (Å²) in [6, 6.07) is 7.22. The van der Waals surface area contributed by atoms with Crippen molar-refractivity contribution in [2.45, 2.75) is 12.9 Å². The summed E-state index contributed by atoms with van der Waals surface area (Å²) in [5, 5.41) is 8.84. The maximum Gasteiger partial charge on any atom is 0.191 e. The first kappa shape index (κ1) is 12.0. The van der Waals surface area contributed by atoms with Crippen molar-refractivity contribution < 1.29 is 19.3 Å². The van der Waals surface area contributed by atoms with E-state index in [4.69, 9.17) is 19.3 Å². The number of aliphatic hydroxyl groups is 1. The van der Waals surface area contributed by atoms with Crippen LogP contribution in [0.1, 0.15) is 5.56 Å². The lowest BCUT2D eigenvalue weighted by Crippen LogP contribution is -2.21. The Morgan fingerprint density at radius 3 is 2.20 bits per heavy atom. The number of hydrogen-bond donors (Lipinski definition) is 1. The largest absolute Gasteiger partial charge is 0.488 e. The van der Waals surface area contributed by atoms with Crippen LogP contribution in [-0.2, 0) is 16.1 Å². The zero-order valence-electron chi connectivity index (χ0n) is 8.97. The van der Waals surface area contributed by atoms with E-state index in [1.165, 1.54) is 0 Å². The average molecular weight is 212 g/mol. The van der Waals surface area contributed by atoms with Gasteiger partial charge < -0.3 is 19.3 Å². The van der Waals surface area contributed by atoms with Crippen molar-refractivity contribution in [1.29, 1.82) is 0 Å². The van der Waals surface area contributed by atoms with Crippen molar-refractivity contribution in [3.05, 3.63) is 29.8 Å². The zero-order valence-corrected chi connectivity index (χ0v) is 8.97. The summed E-state index contributed by atoms with van der Waals surface area (Å²) in [6.45, 7) is 0.379. The summed E-state index contributed by atoms with van der Waals surface area (Å²) in [5.41, 5.74) is 0.859. The maximum absolute atomic E-state index is 8.84. The average Bonchev–Trinajstić information content (AvgIpc) is 2.31. The number of benzene rings is 1. The summed E-state index contributed by atoms with van der Waals surface area (Å²) < 4.78 is 15.4. The van der Waals surface area contributed by atoms with Crippen LogP contribution in [0.3, 0.4) is 0 Å². The van der Waals surface area contributed by atoms with E-state index in [2.05, 4.69) is 0 Å². The fourth-order valence-electron chi connectivity index (χ4n) is 1.09. The molecule has 0 heterocycles. The second-order valence-corrected chi connectivity index (χ2v) is 3.01. The quantitative estimate of drug-likeness (QED) is 0.719.